The van der Waals surface area contributed by atoms with Gasteiger partial charge >= 0.3 is 6.09 Å². The van der Waals surface area contributed by atoms with Crippen LogP contribution in [0, 0.1) is 5.92 Å². The van der Waals surface area contributed by atoms with E-state index in [-0.39, 0.29) is 0 Å². The van der Waals surface area contributed by atoms with Gasteiger partial charge < -0.3 is 20.0 Å². The number of carboxylic acid groups (broad SMARTS) is 1. The van der Waals surface area contributed by atoms with E-state index in [4.69, 9.17) is 4.74 Å². The van der Waals surface area contributed by atoms with Crippen LogP contribution in [0.25, 0.3) is 0 Å². The predicted octanol–water partition coefficient (Wildman–Crippen LogP) is 1.60. The van der Waals surface area contributed by atoms with Crippen molar-refractivity contribution in [2.75, 3.05) is 0 Å². The number of ether oxygens (including phenoxy) is 1. The van der Waals surface area contributed by atoms with Crippen molar-refractivity contribution >= 4 is 12.1 Å². The summed E-state index contributed by atoms with van der Waals surface area (Å²) in [6.07, 6.45) is 5.28. The van der Waals surface area contributed by atoms with Crippen molar-refractivity contribution in [3.8, 4) is 0 Å². The minimum atomic E-state index is -1.24. The van der Waals surface area contributed by atoms with E-state index in [2.05, 4.69) is 5.32 Å². The molecule has 0 bridgehead atoms. The van der Waals surface area contributed by atoms with Gasteiger partial charge in [-0.2, -0.15) is 0 Å². The molecule has 5 nitrogen and oxygen atoms in total. The highest BCUT2D eigenvalue weighted by atomic mass is 16.6. The molecule has 1 fully saturated rings. The first-order valence-electron chi connectivity index (χ1n) is 6.98. The van der Waals surface area contributed by atoms with Crippen LogP contribution in [0.1, 0.15) is 59.3 Å². The van der Waals surface area contributed by atoms with Gasteiger partial charge in [-0.3, -0.25) is 0 Å². The van der Waals surface area contributed by atoms with Crippen LogP contribution in [0.4, 0.5) is 4.79 Å². The molecule has 1 unspecified atom stereocenters. The lowest BCUT2D eigenvalue weighted by molar-refractivity contribution is -0.308. The lowest BCUT2D eigenvalue weighted by Gasteiger charge is -2.28. The molecule has 1 aliphatic carbocycles. The molecule has 0 spiro atoms. The number of hydrogen-bond donors (Lipinski definition) is 1. The Bertz CT molecular complexity index is 316. The molecule has 1 N–H and O–H groups in total. The van der Waals surface area contributed by atoms with Gasteiger partial charge in [0.15, 0.2) is 0 Å². The number of alkyl carbamates (subject to hydrolysis) is 1. The third kappa shape index (κ3) is 6.45. The Balaban J connectivity index is 2.48. The van der Waals surface area contributed by atoms with Crippen molar-refractivity contribution < 1.29 is 19.4 Å². The van der Waals surface area contributed by atoms with E-state index in [1.165, 1.54) is 6.42 Å². The summed E-state index contributed by atoms with van der Waals surface area (Å²) in [4.78, 5) is 22.7. The molecule has 0 aliphatic heterocycles. The lowest BCUT2D eigenvalue weighted by Crippen LogP contribution is -2.50. The van der Waals surface area contributed by atoms with Crippen molar-refractivity contribution in [2.45, 2.75) is 70.9 Å². The molecule has 0 heterocycles. The molecule has 0 aromatic rings. The van der Waals surface area contributed by atoms with Crippen molar-refractivity contribution in [1.82, 2.24) is 5.32 Å². The maximum Gasteiger partial charge on any atom is 0.408 e. The molecule has 19 heavy (non-hydrogen) atoms. The molecule has 1 saturated carbocycles. The Labute approximate surface area is 114 Å². The van der Waals surface area contributed by atoms with Crippen molar-refractivity contribution in [3.63, 3.8) is 0 Å². The van der Waals surface area contributed by atoms with Crippen LogP contribution in [0.5, 0.6) is 0 Å². The third-order valence-corrected chi connectivity index (χ3v) is 3.27. The van der Waals surface area contributed by atoms with E-state index < -0.39 is 23.7 Å². The Morgan fingerprint density at radius 3 is 2.32 bits per heavy atom. The maximum absolute atomic E-state index is 11.6. The van der Waals surface area contributed by atoms with Gasteiger partial charge in [-0.25, -0.2) is 4.79 Å². The molecule has 5 heteroatoms. The third-order valence-electron chi connectivity index (χ3n) is 3.27. The summed E-state index contributed by atoms with van der Waals surface area (Å²) in [5.74, 6) is -0.886. The van der Waals surface area contributed by atoms with Gasteiger partial charge in [0.25, 0.3) is 0 Å². The SMILES string of the molecule is CC(C)(C)OC(=O)NC(CC1CCCCC1)C(=O)[O-]. The Hall–Kier alpha value is -1.26. The zero-order valence-corrected chi connectivity index (χ0v) is 12.0. The highest BCUT2D eigenvalue weighted by Crippen LogP contribution is 2.27. The summed E-state index contributed by atoms with van der Waals surface area (Å²) in [6.45, 7) is 5.21. The summed E-state index contributed by atoms with van der Waals surface area (Å²) in [5, 5.41) is 13.5. The van der Waals surface area contributed by atoms with Gasteiger partial charge in [0.1, 0.15) is 5.60 Å². The predicted molar refractivity (Wildman–Crippen MR) is 69.4 cm³/mol. The molecule has 0 aromatic carbocycles. The van der Waals surface area contributed by atoms with E-state index in [0.29, 0.717) is 12.3 Å². The molecular formula is C14H24NO4-. The van der Waals surface area contributed by atoms with E-state index in [1.807, 2.05) is 0 Å². The fourth-order valence-corrected chi connectivity index (χ4v) is 2.42. The second-order valence-electron chi connectivity index (χ2n) is 6.26. The molecule has 0 radical (unpaired) electrons. The summed E-state index contributed by atoms with van der Waals surface area (Å²) in [5.41, 5.74) is -0.634. The standard InChI is InChI=1S/C14H25NO4/c1-14(2,3)19-13(18)15-11(12(16)17)9-10-7-5-4-6-8-10/h10-11H,4-9H2,1-3H3,(H,15,18)(H,16,17)/p-1. The summed E-state index contributed by atoms with van der Waals surface area (Å²) >= 11 is 0. The number of carbonyl (C=O) groups excluding carboxylic acids is 2. The number of amides is 1. The number of hydrogen-bond acceptors (Lipinski definition) is 4. The Morgan fingerprint density at radius 1 is 1.26 bits per heavy atom. The highest BCUT2D eigenvalue weighted by molar-refractivity contribution is 5.78. The average Bonchev–Trinajstić information content (AvgIpc) is 2.26. The van der Waals surface area contributed by atoms with Gasteiger partial charge in [-0.15, -0.1) is 0 Å². The van der Waals surface area contributed by atoms with Crippen molar-refractivity contribution in [3.05, 3.63) is 0 Å². The second kappa shape index (κ2) is 6.78. The van der Waals surface area contributed by atoms with Crippen LogP contribution < -0.4 is 10.4 Å². The zero-order valence-electron chi connectivity index (χ0n) is 12.0. The van der Waals surface area contributed by atoms with Crippen LogP contribution in [0.2, 0.25) is 0 Å². The second-order valence-corrected chi connectivity index (χ2v) is 6.26. The summed E-state index contributed by atoms with van der Waals surface area (Å²) in [6, 6.07) is -0.960. The first-order valence-corrected chi connectivity index (χ1v) is 6.98. The highest BCUT2D eigenvalue weighted by Gasteiger charge is 2.23. The maximum atomic E-state index is 11.6. The molecule has 1 amide bonds. The topological polar surface area (TPSA) is 78.5 Å². The van der Waals surface area contributed by atoms with Crippen LogP contribution in [0.15, 0.2) is 0 Å². The van der Waals surface area contributed by atoms with Gasteiger partial charge in [0, 0.05) is 0 Å². The van der Waals surface area contributed by atoms with Crippen molar-refractivity contribution in [1.29, 1.82) is 0 Å². The largest absolute Gasteiger partial charge is 0.548 e. The molecule has 1 aliphatic rings. The van der Waals surface area contributed by atoms with Gasteiger partial charge in [0.05, 0.1) is 12.0 Å². The van der Waals surface area contributed by atoms with Crippen LogP contribution in [-0.4, -0.2) is 23.7 Å². The quantitative estimate of drug-likeness (QED) is 0.841. The number of carbonyl (C=O) groups is 2. The molecule has 0 saturated heterocycles. The summed E-state index contributed by atoms with van der Waals surface area (Å²) < 4.78 is 5.07. The molecular weight excluding hydrogens is 246 g/mol. The van der Waals surface area contributed by atoms with Crippen LogP contribution in [0.3, 0.4) is 0 Å². The molecule has 0 aromatic heterocycles. The zero-order chi connectivity index (χ0) is 14.5. The number of carboxylic acids is 1. The molecule has 110 valence electrons. The van der Waals surface area contributed by atoms with E-state index >= 15 is 0 Å². The monoisotopic (exact) mass is 270 g/mol. The van der Waals surface area contributed by atoms with E-state index in [0.717, 1.165) is 25.7 Å². The number of nitrogens with one attached hydrogen (secondary N) is 1. The first-order chi connectivity index (χ1) is 8.78. The Kier molecular flexibility index (Phi) is 5.63. The normalized spacial score (nSPS) is 18.7. The average molecular weight is 270 g/mol. The van der Waals surface area contributed by atoms with E-state index in [9.17, 15) is 14.7 Å². The summed E-state index contributed by atoms with van der Waals surface area (Å²) in [7, 11) is 0. The lowest BCUT2D eigenvalue weighted by atomic mass is 9.85. The minimum absolute atomic E-state index is 0.353. The van der Waals surface area contributed by atoms with Crippen LogP contribution >= 0.6 is 0 Å². The number of rotatable bonds is 4. The van der Waals surface area contributed by atoms with E-state index in [1.54, 1.807) is 20.8 Å². The van der Waals surface area contributed by atoms with Gasteiger partial charge in [-0.05, 0) is 33.1 Å². The molecule has 1 rings (SSSR count). The number of aliphatic carboxylic acids is 1. The minimum Gasteiger partial charge on any atom is -0.548 e. The smallest absolute Gasteiger partial charge is 0.408 e. The van der Waals surface area contributed by atoms with Gasteiger partial charge in [-0.1, -0.05) is 32.1 Å². The first kappa shape index (κ1) is 15.8. The van der Waals surface area contributed by atoms with Crippen LogP contribution in [-0.2, 0) is 9.53 Å². The molecule has 1 atom stereocenters. The van der Waals surface area contributed by atoms with Crippen molar-refractivity contribution in [2.24, 2.45) is 5.92 Å². The fourth-order valence-electron chi connectivity index (χ4n) is 2.42. The fraction of sp³-hybridized carbons (Fsp3) is 0.857. The van der Waals surface area contributed by atoms with Gasteiger partial charge in [0.2, 0.25) is 0 Å². The Morgan fingerprint density at radius 2 is 1.84 bits per heavy atom.